The number of aromatic nitrogens is 5. The highest BCUT2D eigenvalue weighted by Gasteiger charge is 2.18. The van der Waals surface area contributed by atoms with Gasteiger partial charge in [0.1, 0.15) is 11.6 Å². The van der Waals surface area contributed by atoms with E-state index in [-0.39, 0.29) is 11.8 Å². The van der Waals surface area contributed by atoms with Crippen molar-refractivity contribution in [1.29, 1.82) is 0 Å². The average molecular weight is 654 g/mol. The van der Waals surface area contributed by atoms with E-state index in [4.69, 9.17) is 4.98 Å². The third-order valence-electron chi connectivity index (χ3n) is 9.02. The van der Waals surface area contributed by atoms with Crippen LogP contribution in [0.3, 0.4) is 0 Å². The van der Waals surface area contributed by atoms with E-state index < -0.39 is 0 Å². The predicted molar refractivity (Wildman–Crippen MR) is 199 cm³/mol. The topological polar surface area (TPSA) is 80.9 Å². The van der Waals surface area contributed by atoms with Crippen LogP contribution in [0, 0.1) is 0 Å². The Balaban J connectivity index is 1.27. The first kappa shape index (κ1) is 33.8. The third-order valence-corrected chi connectivity index (χ3v) is 9.02. The highest BCUT2D eigenvalue weighted by Crippen LogP contribution is 2.30. The Morgan fingerprint density at radius 3 is 2.20 bits per heavy atom. The van der Waals surface area contributed by atoms with Crippen molar-refractivity contribution >= 4 is 22.5 Å². The van der Waals surface area contributed by atoms with Crippen LogP contribution in [0.1, 0.15) is 63.6 Å². The van der Waals surface area contributed by atoms with Gasteiger partial charge in [0.05, 0.1) is 17.4 Å². The standard InChI is InChI=1S/C41H47N7O/c1-4-22-47(23-5-2)37-14-11-35(12-15-37)41-45-39-28-36(13-16-40(39)48(41)25-6-24-46-26-21-43-30-46)38(27-31(3)49)44-29-32-7-9-33(10-8-32)34-17-19-42-20-18-34/h7-21,26,28,30,38,44H,4-6,22-25,27,29H2,1-3H3. The molecule has 252 valence electrons. The Kier molecular flexibility index (Phi) is 11.3. The molecular formula is C41H47N7O. The first-order chi connectivity index (χ1) is 24.0. The number of nitrogens with one attached hydrogen (secondary N) is 1. The summed E-state index contributed by atoms with van der Waals surface area (Å²) < 4.78 is 4.46. The minimum atomic E-state index is -0.126. The first-order valence-electron chi connectivity index (χ1n) is 17.6. The number of carbonyl (C=O) groups excluding carboxylic acids is 1. The van der Waals surface area contributed by atoms with Crippen LogP contribution in [0.25, 0.3) is 33.5 Å². The second-order valence-corrected chi connectivity index (χ2v) is 12.8. The number of anilines is 1. The maximum absolute atomic E-state index is 12.4. The Morgan fingerprint density at radius 2 is 1.53 bits per heavy atom. The Hall–Kier alpha value is -5.08. The number of imidazole rings is 2. The molecule has 3 heterocycles. The number of hydrogen-bond acceptors (Lipinski definition) is 6. The largest absolute Gasteiger partial charge is 0.372 e. The molecule has 0 spiro atoms. The Morgan fingerprint density at radius 1 is 0.816 bits per heavy atom. The lowest BCUT2D eigenvalue weighted by Gasteiger charge is -2.24. The highest BCUT2D eigenvalue weighted by molar-refractivity contribution is 5.82. The number of rotatable bonds is 17. The molecule has 0 saturated heterocycles. The van der Waals surface area contributed by atoms with Crippen LogP contribution in [0.2, 0.25) is 0 Å². The van der Waals surface area contributed by atoms with Crippen molar-refractivity contribution in [3.8, 4) is 22.5 Å². The van der Waals surface area contributed by atoms with Crippen LogP contribution in [0.5, 0.6) is 0 Å². The number of benzene rings is 3. The number of nitrogens with zero attached hydrogens (tertiary/aromatic N) is 6. The van der Waals surface area contributed by atoms with Gasteiger partial charge in [-0.2, -0.15) is 0 Å². The molecule has 3 aromatic carbocycles. The fourth-order valence-corrected chi connectivity index (χ4v) is 6.57. The molecule has 1 atom stereocenters. The molecule has 8 nitrogen and oxygen atoms in total. The van der Waals surface area contributed by atoms with E-state index in [0.717, 1.165) is 90.1 Å². The van der Waals surface area contributed by atoms with Crippen LogP contribution in [-0.4, -0.2) is 43.0 Å². The van der Waals surface area contributed by atoms with Gasteiger partial charge < -0.3 is 19.4 Å². The van der Waals surface area contributed by atoms with Gasteiger partial charge in [-0.15, -0.1) is 0 Å². The van der Waals surface area contributed by atoms with E-state index >= 15 is 0 Å². The van der Waals surface area contributed by atoms with Gasteiger partial charge in [-0.3, -0.25) is 9.78 Å². The third kappa shape index (κ3) is 8.51. The summed E-state index contributed by atoms with van der Waals surface area (Å²) in [5.74, 6) is 1.11. The van der Waals surface area contributed by atoms with Crippen LogP contribution in [0.4, 0.5) is 5.69 Å². The summed E-state index contributed by atoms with van der Waals surface area (Å²) in [4.78, 5) is 28.5. The Bertz CT molecular complexity index is 1910. The van der Waals surface area contributed by atoms with Crippen LogP contribution < -0.4 is 10.2 Å². The summed E-state index contributed by atoms with van der Waals surface area (Å²) in [5.41, 5.74) is 8.92. The SMILES string of the molecule is CCCN(CCC)c1ccc(-c2nc3cc(C(CC(C)=O)NCc4ccc(-c5ccncc5)cc4)ccc3n2CCCn2ccnc2)cc1. The van der Waals surface area contributed by atoms with Crippen LogP contribution in [0.15, 0.2) is 110 Å². The molecule has 1 N–H and O–H groups in total. The smallest absolute Gasteiger partial charge is 0.141 e. The van der Waals surface area contributed by atoms with Crippen LogP contribution in [-0.2, 0) is 24.4 Å². The molecule has 6 rings (SSSR count). The van der Waals surface area contributed by atoms with Gasteiger partial charge in [0.15, 0.2) is 0 Å². The molecule has 6 aromatic rings. The lowest BCUT2D eigenvalue weighted by Crippen LogP contribution is -2.24. The average Bonchev–Trinajstić information content (AvgIpc) is 3.78. The highest BCUT2D eigenvalue weighted by atomic mass is 16.1. The molecule has 0 fully saturated rings. The number of Topliss-reactive ketones (excluding diaryl/α,β-unsaturated/α-hetero) is 1. The van der Waals surface area contributed by atoms with Crippen LogP contribution >= 0.6 is 0 Å². The quantitative estimate of drug-likeness (QED) is 0.106. The van der Waals surface area contributed by atoms with Crippen molar-refractivity contribution < 1.29 is 4.79 Å². The van der Waals surface area contributed by atoms with Gasteiger partial charge >= 0.3 is 0 Å². The van der Waals surface area contributed by atoms with E-state index in [2.05, 4.69) is 110 Å². The van der Waals surface area contributed by atoms with Gasteiger partial charge in [0.2, 0.25) is 0 Å². The Labute approximate surface area is 289 Å². The molecule has 1 unspecified atom stereocenters. The minimum absolute atomic E-state index is 0.126. The summed E-state index contributed by atoms with van der Waals surface area (Å²) in [6.45, 7) is 10.6. The second-order valence-electron chi connectivity index (χ2n) is 12.8. The van der Waals surface area contributed by atoms with Crippen molar-refractivity contribution in [2.75, 3.05) is 18.0 Å². The number of fused-ring (bicyclic) bond motifs is 1. The summed E-state index contributed by atoms with van der Waals surface area (Å²) in [7, 11) is 0. The van der Waals surface area contributed by atoms with Crippen molar-refractivity contribution in [2.45, 2.75) is 72.1 Å². The summed E-state index contributed by atoms with van der Waals surface area (Å²) in [6.07, 6.45) is 12.9. The van der Waals surface area contributed by atoms with Crippen molar-refractivity contribution in [1.82, 2.24) is 29.4 Å². The number of carbonyl (C=O) groups is 1. The maximum Gasteiger partial charge on any atom is 0.141 e. The zero-order valence-electron chi connectivity index (χ0n) is 28.9. The molecule has 0 saturated carbocycles. The molecule has 0 aliphatic rings. The van der Waals surface area contributed by atoms with Crippen molar-refractivity contribution in [2.24, 2.45) is 0 Å². The number of hydrogen-bond donors (Lipinski definition) is 1. The fraction of sp³-hybridized carbons (Fsp3) is 0.317. The minimum Gasteiger partial charge on any atom is -0.372 e. The molecule has 8 heteroatoms. The molecule has 49 heavy (non-hydrogen) atoms. The monoisotopic (exact) mass is 653 g/mol. The lowest BCUT2D eigenvalue weighted by atomic mass is 10.00. The van der Waals surface area contributed by atoms with Crippen molar-refractivity contribution in [3.63, 3.8) is 0 Å². The first-order valence-corrected chi connectivity index (χ1v) is 17.6. The molecule has 0 radical (unpaired) electrons. The normalized spacial score (nSPS) is 12.0. The van der Waals surface area contributed by atoms with Gasteiger partial charge in [0.25, 0.3) is 0 Å². The summed E-state index contributed by atoms with van der Waals surface area (Å²) in [6, 6.07) is 27.8. The van der Waals surface area contributed by atoms with E-state index in [9.17, 15) is 4.79 Å². The molecule has 0 aliphatic heterocycles. The van der Waals surface area contributed by atoms with Gasteiger partial charge in [-0.05, 0) is 97.0 Å². The van der Waals surface area contributed by atoms with E-state index in [0.29, 0.717) is 13.0 Å². The lowest BCUT2D eigenvalue weighted by molar-refractivity contribution is -0.117. The summed E-state index contributed by atoms with van der Waals surface area (Å²) >= 11 is 0. The zero-order valence-corrected chi connectivity index (χ0v) is 28.9. The maximum atomic E-state index is 12.4. The summed E-state index contributed by atoms with van der Waals surface area (Å²) in [5, 5.41) is 3.67. The molecule has 3 aromatic heterocycles. The van der Waals surface area contributed by atoms with Gasteiger partial charge in [-0.25, -0.2) is 9.97 Å². The van der Waals surface area contributed by atoms with E-state index in [1.807, 2.05) is 43.2 Å². The molecule has 0 bridgehead atoms. The molecular weight excluding hydrogens is 606 g/mol. The fourth-order valence-electron chi connectivity index (χ4n) is 6.57. The zero-order chi connectivity index (χ0) is 34.0. The van der Waals surface area contributed by atoms with E-state index in [1.54, 1.807) is 6.92 Å². The van der Waals surface area contributed by atoms with Crippen molar-refractivity contribution in [3.05, 3.63) is 121 Å². The predicted octanol–water partition coefficient (Wildman–Crippen LogP) is 8.49. The van der Waals surface area contributed by atoms with Gasteiger partial charge in [-0.1, -0.05) is 44.2 Å². The number of pyridine rings is 1. The number of aryl methyl sites for hydroxylation is 2. The molecule has 0 aliphatic carbocycles. The van der Waals surface area contributed by atoms with Gasteiger partial charge in [0, 0.05) is 81.2 Å². The second kappa shape index (κ2) is 16.3. The number of ketones is 1. The van der Waals surface area contributed by atoms with E-state index in [1.165, 1.54) is 5.69 Å². The molecule has 0 amide bonds.